The molecule has 1 rings (SSSR count). The van der Waals surface area contributed by atoms with Gasteiger partial charge in [-0.3, -0.25) is 9.48 Å². The van der Waals surface area contributed by atoms with Gasteiger partial charge in [-0.15, -0.1) is 0 Å². The van der Waals surface area contributed by atoms with E-state index < -0.39 is 5.97 Å². The second kappa shape index (κ2) is 5.39. The number of carboxylic acids is 1. The van der Waals surface area contributed by atoms with Gasteiger partial charge in [0.2, 0.25) is 0 Å². The summed E-state index contributed by atoms with van der Waals surface area (Å²) in [5.41, 5.74) is 1.01. The van der Waals surface area contributed by atoms with Crippen LogP contribution >= 0.6 is 0 Å². The predicted molar refractivity (Wildman–Crippen MR) is 51.9 cm³/mol. The van der Waals surface area contributed by atoms with E-state index in [2.05, 4.69) is 17.3 Å². The molecule has 0 aliphatic rings. The Kier molecular flexibility index (Phi) is 4.12. The van der Waals surface area contributed by atoms with Gasteiger partial charge in [0.25, 0.3) is 0 Å². The number of aromatic nitrogens is 2. The average molecular weight is 197 g/mol. The van der Waals surface area contributed by atoms with Gasteiger partial charge in [0.15, 0.2) is 0 Å². The third-order valence-electron chi connectivity index (χ3n) is 1.74. The van der Waals surface area contributed by atoms with Crippen LogP contribution in [0.3, 0.4) is 0 Å². The van der Waals surface area contributed by atoms with Gasteiger partial charge in [-0.2, -0.15) is 5.10 Å². The summed E-state index contributed by atoms with van der Waals surface area (Å²) < 4.78 is 1.86. The highest BCUT2D eigenvalue weighted by Crippen LogP contribution is 1.97. The van der Waals surface area contributed by atoms with Crippen LogP contribution in [0.15, 0.2) is 12.4 Å². The summed E-state index contributed by atoms with van der Waals surface area (Å²) in [6.07, 6.45) is 4.73. The summed E-state index contributed by atoms with van der Waals surface area (Å²) in [7, 11) is 0. The molecule has 0 unspecified atom stereocenters. The van der Waals surface area contributed by atoms with E-state index in [-0.39, 0.29) is 6.54 Å². The Bertz CT molecular complexity index is 296. The largest absolute Gasteiger partial charge is 0.480 e. The Morgan fingerprint density at radius 1 is 1.71 bits per heavy atom. The number of nitrogens with one attached hydrogen (secondary N) is 1. The Labute approximate surface area is 82.7 Å². The lowest BCUT2D eigenvalue weighted by Gasteiger charge is -1.97. The lowest BCUT2D eigenvalue weighted by molar-refractivity contribution is -0.135. The summed E-state index contributed by atoms with van der Waals surface area (Å²) in [6.45, 7) is 3.53. The van der Waals surface area contributed by atoms with Crippen LogP contribution < -0.4 is 5.32 Å². The molecule has 2 N–H and O–H groups in total. The molecule has 0 atom stereocenters. The smallest absolute Gasteiger partial charge is 0.317 e. The van der Waals surface area contributed by atoms with Crippen LogP contribution in [0.1, 0.15) is 18.9 Å². The second-order valence-corrected chi connectivity index (χ2v) is 3.11. The zero-order chi connectivity index (χ0) is 10.4. The van der Waals surface area contributed by atoms with E-state index in [9.17, 15) is 4.79 Å². The minimum atomic E-state index is -0.842. The number of carbonyl (C=O) groups is 1. The summed E-state index contributed by atoms with van der Waals surface area (Å²) in [5, 5.41) is 15.3. The highest BCUT2D eigenvalue weighted by molar-refractivity contribution is 5.68. The highest BCUT2D eigenvalue weighted by Gasteiger charge is 1.99. The van der Waals surface area contributed by atoms with Crippen molar-refractivity contribution in [2.75, 3.05) is 6.54 Å². The molecule has 0 aromatic carbocycles. The second-order valence-electron chi connectivity index (χ2n) is 3.11. The summed E-state index contributed by atoms with van der Waals surface area (Å²) >= 11 is 0. The quantitative estimate of drug-likeness (QED) is 0.695. The van der Waals surface area contributed by atoms with E-state index in [0.717, 1.165) is 18.5 Å². The summed E-state index contributed by atoms with van der Waals surface area (Å²) in [6, 6.07) is 0. The van der Waals surface area contributed by atoms with Crippen molar-refractivity contribution in [2.45, 2.75) is 26.4 Å². The molecule has 0 bridgehead atoms. The average Bonchev–Trinajstić information content (AvgIpc) is 2.53. The Morgan fingerprint density at radius 2 is 2.50 bits per heavy atom. The zero-order valence-electron chi connectivity index (χ0n) is 8.23. The van der Waals surface area contributed by atoms with E-state index in [1.807, 2.05) is 10.9 Å². The Balaban J connectivity index is 2.32. The molecule has 0 fully saturated rings. The number of carboxylic acid groups (broad SMARTS) is 1. The monoisotopic (exact) mass is 197 g/mol. The minimum Gasteiger partial charge on any atom is -0.480 e. The normalized spacial score (nSPS) is 10.4. The number of aryl methyl sites for hydroxylation is 1. The fourth-order valence-electron chi connectivity index (χ4n) is 1.16. The van der Waals surface area contributed by atoms with Gasteiger partial charge in [-0.1, -0.05) is 6.92 Å². The first-order valence-electron chi connectivity index (χ1n) is 4.66. The van der Waals surface area contributed by atoms with Crippen molar-refractivity contribution >= 4 is 5.97 Å². The van der Waals surface area contributed by atoms with Gasteiger partial charge in [-0.05, 0) is 6.42 Å². The molecule has 1 aromatic heterocycles. The molecular formula is C9H15N3O2. The third kappa shape index (κ3) is 3.57. The van der Waals surface area contributed by atoms with Gasteiger partial charge >= 0.3 is 5.97 Å². The standard InChI is InChI=1S/C9H15N3O2/c1-2-3-12-7-8(5-11-12)4-10-6-9(13)14/h5,7,10H,2-4,6H2,1H3,(H,13,14). The number of nitrogens with zero attached hydrogens (tertiary/aromatic N) is 2. The summed E-state index contributed by atoms with van der Waals surface area (Å²) in [5.74, 6) is -0.842. The van der Waals surface area contributed by atoms with E-state index in [1.165, 1.54) is 0 Å². The molecule has 1 aromatic rings. The van der Waals surface area contributed by atoms with Gasteiger partial charge in [0, 0.05) is 24.8 Å². The lowest BCUT2D eigenvalue weighted by atomic mass is 10.3. The molecule has 0 aliphatic heterocycles. The van der Waals surface area contributed by atoms with Gasteiger partial charge in [-0.25, -0.2) is 0 Å². The fourth-order valence-corrected chi connectivity index (χ4v) is 1.16. The van der Waals surface area contributed by atoms with Crippen molar-refractivity contribution in [3.63, 3.8) is 0 Å². The van der Waals surface area contributed by atoms with Crippen molar-refractivity contribution in [1.82, 2.24) is 15.1 Å². The van der Waals surface area contributed by atoms with Crippen LogP contribution in [0.2, 0.25) is 0 Å². The van der Waals surface area contributed by atoms with Crippen LogP contribution in [-0.4, -0.2) is 27.4 Å². The zero-order valence-corrected chi connectivity index (χ0v) is 8.23. The molecule has 78 valence electrons. The minimum absolute atomic E-state index is 0.0149. The topological polar surface area (TPSA) is 67.2 Å². The molecule has 0 amide bonds. The molecule has 0 aliphatic carbocycles. The number of aliphatic carboxylic acids is 1. The first kappa shape index (κ1) is 10.7. The van der Waals surface area contributed by atoms with Crippen molar-refractivity contribution in [2.24, 2.45) is 0 Å². The third-order valence-corrected chi connectivity index (χ3v) is 1.74. The van der Waals surface area contributed by atoms with Crippen molar-refractivity contribution < 1.29 is 9.90 Å². The van der Waals surface area contributed by atoms with Gasteiger partial charge in [0.05, 0.1) is 12.7 Å². The molecule has 0 saturated carbocycles. The van der Waals surface area contributed by atoms with E-state index in [1.54, 1.807) is 6.20 Å². The van der Waals surface area contributed by atoms with Crippen molar-refractivity contribution in [3.8, 4) is 0 Å². The maximum Gasteiger partial charge on any atom is 0.317 e. The predicted octanol–water partition coefficient (Wildman–Crippen LogP) is 0.467. The number of hydrogen-bond acceptors (Lipinski definition) is 3. The first-order chi connectivity index (χ1) is 6.72. The number of rotatable bonds is 6. The molecule has 5 nitrogen and oxygen atoms in total. The summed E-state index contributed by atoms with van der Waals surface area (Å²) in [4.78, 5) is 10.2. The Morgan fingerprint density at radius 3 is 3.14 bits per heavy atom. The highest BCUT2D eigenvalue weighted by atomic mass is 16.4. The maximum absolute atomic E-state index is 10.2. The fraction of sp³-hybridized carbons (Fsp3) is 0.556. The van der Waals surface area contributed by atoms with E-state index >= 15 is 0 Å². The van der Waals surface area contributed by atoms with Crippen LogP contribution in [0, 0.1) is 0 Å². The SMILES string of the molecule is CCCn1cc(CNCC(=O)O)cn1. The molecule has 1 heterocycles. The maximum atomic E-state index is 10.2. The van der Waals surface area contributed by atoms with Crippen molar-refractivity contribution in [3.05, 3.63) is 18.0 Å². The van der Waals surface area contributed by atoms with Crippen LogP contribution in [0.4, 0.5) is 0 Å². The van der Waals surface area contributed by atoms with Crippen molar-refractivity contribution in [1.29, 1.82) is 0 Å². The lowest BCUT2D eigenvalue weighted by Crippen LogP contribution is -2.21. The molecule has 14 heavy (non-hydrogen) atoms. The number of hydrogen-bond donors (Lipinski definition) is 2. The van der Waals surface area contributed by atoms with Crippen LogP contribution in [0.25, 0.3) is 0 Å². The molecule has 0 radical (unpaired) electrons. The van der Waals surface area contributed by atoms with E-state index in [0.29, 0.717) is 6.54 Å². The van der Waals surface area contributed by atoms with Crippen LogP contribution in [-0.2, 0) is 17.9 Å². The molecule has 0 saturated heterocycles. The van der Waals surface area contributed by atoms with Gasteiger partial charge in [0.1, 0.15) is 0 Å². The molecule has 0 spiro atoms. The van der Waals surface area contributed by atoms with E-state index in [4.69, 9.17) is 5.11 Å². The molecular weight excluding hydrogens is 182 g/mol. The van der Waals surface area contributed by atoms with Gasteiger partial charge < -0.3 is 10.4 Å². The first-order valence-corrected chi connectivity index (χ1v) is 4.66. The molecule has 5 heteroatoms. The Hall–Kier alpha value is -1.36. The van der Waals surface area contributed by atoms with Crippen LogP contribution in [0.5, 0.6) is 0 Å².